The van der Waals surface area contributed by atoms with Gasteiger partial charge in [0.2, 0.25) is 0 Å². The minimum absolute atomic E-state index is 0.00850. The van der Waals surface area contributed by atoms with Crippen LogP contribution in [0.4, 0.5) is 5.69 Å². The molecule has 3 aromatic rings. The zero-order valence-corrected chi connectivity index (χ0v) is 14.2. The number of benzene rings is 1. The minimum Gasteiger partial charge on any atom is -0.392 e. The Morgan fingerprint density at radius 1 is 1.32 bits per heavy atom. The normalized spacial score (nSPS) is 13.7. The lowest BCUT2D eigenvalue weighted by molar-refractivity contribution is 0.102. The maximum absolute atomic E-state index is 12.6. The van der Waals surface area contributed by atoms with Crippen LogP contribution in [0, 0.1) is 0 Å². The van der Waals surface area contributed by atoms with Crippen LogP contribution in [0.2, 0.25) is 5.02 Å². The highest BCUT2D eigenvalue weighted by Gasteiger charge is 2.19. The van der Waals surface area contributed by atoms with Gasteiger partial charge < -0.3 is 15.7 Å². The van der Waals surface area contributed by atoms with Crippen molar-refractivity contribution in [1.29, 1.82) is 0 Å². The average Bonchev–Trinajstić information content (AvgIpc) is 3.05. The summed E-state index contributed by atoms with van der Waals surface area (Å²) in [6.45, 7) is 1.53. The van der Waals surface area contributed by atoms with Crippen molar-refractivity contribution in [3.63, 3.8) is 0 Å². The number of pyridine rings is 1. The quantitative estimate of drug-likeness (QED) is 0.673. The van der Waals surface area contributed by atoms with E-state index in [1.165, 1.54) is 0 Å². The van der Waals surface area contributed by atoms with Gasteiger partial charge in [-0.2, -0.15) is 5.10 Å². The number of hydrogen-bond donors (Lipinski definition) is 3. The lowest BCUT2D eigenvalue weighted by atomic mass is 9.94. The molecule has 1 amide bonds. The van der Waals surface area contributed by atoms with Crippen LogP contribution in [0.5, 0.6) is 0 Å². The summed E-state index contributed by atoms with van der Waals surface area (Å²) in [4.78, 5) is 12.6. The van der Waals surface area contributed by atoms with Crippen molar-refractivity contribution < 1.29 is 9.90 Å². The van der Waals surface area contributed by atoms with Gasteiger partial charge in [0, 0.05) is 23.5 Å². The Morgan fingerprint density at radius 2 is 2.20 bits per heavy atom. The zero-order valence-electron chi connectivity index (χ0n) is 13.4. The summed E-state index contributed by atoms with van der Waals surface area (Å²) in [5, 5.41) is 20.7. The molecule has 3 N–H and O–H groups in total. The highest BCUT2D eigenvalue weighted by atomic mass is 35.5. The highest BCUT2D eigenvalue weighted by Crippen LogP contribution is 2.27. The summed E-state index contributed by atoms with van der Waals surface area (Å²) in [5.41, 5.74) is 4.89. The number of amides is 1. The number of aliphatic hydroxyl groups excluding tert-OH is 1. The third-order valence-electron chi connectivity index (χ3n) is 4.46. The summed E-state index contributed by atoms with van der Waals surface area (Å²) in [5.74, 6) is -0.266. The van der Waals surface area contributed by atoms with Gasteiger partial charge in [-0.15, -0.1) is 0 Å². The molecule has 0 radical (unpaired) electrons. The summed E-state index contributed by atoms with van der Waals surface area (Å²) in [6.07, 6.45) is 2.53. The molecular weight excluding hydrogens is 340 g/mol. The Hall–Kier alpha value is -2.41. The van der Waals surface area contributed by atoms with Gasteiger partial charge >= 0.3 is 0 Å². The molecule has 4 rings (SSSR count). The number of nitrogens with zero attached hydrogens (tertiary/aromatic N) is 2. The van der Waals surface area contributed by atoms with E-state index in [1.54, 1.807) is 28.9 Å². The van der Waals surface area contributed by atoms with Crippen LogP contribution < -0.4 is 10.6 Å². The van der Waals surface area contributed by atoms with Crippen molar-refractivity contribution in [2.45, 2.75) is 19.6 Å². The van der Waals surface area contributed by atoms with Gasteiger partial charge in [-0.3, -0.25) is 4.79 Å². The molecule has 2 aromatic heterocycles. The first-order valence-corrected chi connectivity index (χ1v) is 8.45. The van der Waals surface area contributed by atoms with Gasteiger partial charge in [-0.1, -0.05) is 17.7 Å². The monoisotopic (exact) mass is 356 g/mol. The number of rotatable bonds is 3. The predicted octanol–water partition coefficient (Wildman–Crippen LogP) is 2.38. The molecule has 0 saturated carbocycles. The van der Waals surface area contributed by atoms with Crippen LogP contribution in [-0.4, -0.2) is 27.2 Å². The fraction of sp³-hybridized carbons (Fsp3) is 0.222. The van der Waals surface area contributed by atoms with Crippen LogP contribution in [-0.2, 0) is 19.6 Å². The van der Waals surface area contributed by atoms with E-state index in [-0.39, 0.29) is 12.5 Å². The van der Waals surface area contributed by atoms with E-state index in [2.05, 4.69) is 15.7 Å². The van der Waals surface area contributed by atoms with Gasteiger partial charge in [0.1, 0.15) is 0 Å². The van der Waals surface area contributed by atoms with E-state index < -0.39 is 0 Å². The molecule has 0 spiro atoms. The molecule has 0 fully saturated rings. The summed E-state index contributed by atoms with van der Waals surface area (Å²) in [6, 6.07) is 8.89. The molecule has 25 heavy (non-hydrogen) atoms. The van der Waals surface area contributed by atoms with Gasteiger partial charge in [0.15, 0.2) is 5.69 Å². The minimum atomic E-state index is -0.266. The van der Waals surface area contributed by atoms with E-state index in [0.717, 1.165) is 40.9 Å². The fourth-order valence-corrected chi connectivity index (χ4v) is 3.37. The number of carbonyl (C=O) groups is 1. The SMILES string of the molecule is O=C(Nc1ccc(CO)c2c1CCNC2)c1cc2cc(Cl)ccn2n1. The second-order valence-corrected chi connectivity index (χ2v) is 6.45. The standard InChI is InChI=1S/C18H17ClN4O2/c19-12-4-6-23-13(7-12)8-17(22-23)18(25)21-16-2-1-11(10-24)15-9-20-5-3-14(15)16/h1-2,4,6-8,20,24H,3,5,9-10H2,(H,21,25). The topological polar surface area (TPSA) is 78.7 Å². The number of fused-ring (bicyclic) bond motifs is 2. The number of nitrogens with one attached hydrogen (secondary N) is 2. The molecule has 0 unspecified atom stereocenters. The molecule has 6 nitrogen and oxygen atoms in total. The second-order valence-electron chi connectivity index (χ2n) is 6.01. The first-order valence-electron chi connectivity index (χ1n) is 8.07. The molecule has 128 valence electrons. The van der Waals surface area contributed by atoms with Crippen LogP contribution in [0.15, 0.2) is 36.5 Å². The van der Waals surface area contributed by atoms with Gasteiger partial charge in [0.25, 0.3) is 5.91 Å². The Morgan fingerprint density at radius 3 is 3.04 bits per heavy atom. The summed E-state index contributed by atoms with van der Waals surface area (Å²) < 4.78 is 1.62. The third-order valence-corrected chi connectivity index (χ3v) is 4.69. The molecule has 1 aliphatic rings. The molecular formula is C18H17ClN4O2. The molecule has 0 bridgehead atoms. The third kappa shape index (κ3) is 3.00. The molecule has 1 aromatic carbocycles. The van der Waals surface area contributed by atoms with Crippen LogP contribution in [0.3, 0.4) is 0 Å². The maximum atomic E-state index is 12.6. The summed E-state index contributed by atoms with van der Waals surface area (Å²) >= 11 is 5.98. The summed E-state index contributed by atoms with van der Waals surface area (Å²) in [7, 11) is 0. The van der Waals surface area contributed by atoms with Crippen molar-refractivity contribution >= 4 is 28.7 Å². The molecule has 0 saturated heterocycles. The lowest BCUT2D eigenvalue weighted by Gasteiger charge is -2.23. The predicted molar refractivity (Wildman–Crippen MR) is 95.9 cm³/mol. The van der Waals surface area contributed by atoms with Crippen molar-refractivity contribution in [1.82, 2.24) is 14.9 Å². The number of aliphatic hydroxyl groups is 1. The largest absolute Gasteiger partial charge is 0.392 e. The van der Waals surface area contributed by atoms with Gasteiger partial charge in [0.05, 0.1) is 12.1 Å². The van der Waals surface area contributed by atoms with E-state index in [4.69, 9.17) is 11.6 Å². The van der Waals surface area contributed by atoms with Crippen LogP contribution >= 0.6 is 11.6 Å². The van der Waals surface area contributed by atoms with Crippen LogP contribution in [0.25, 0.3) is 5.52 Å². The second kappa shape index (κ2) is 6.48. The number of anilines is 1. The van der Waals surface area contributed by atoms with Crippen LogP contribution in [0.1, 0.15) is 27.2 Å². The Balaban J connectivity index is 1.66. The first-order chi connectivity index (χ1) is 12.2. The van der Waals surface area contributed by atoms with Crippen molar-refractivity contribution in [3.8, 4) is 0 Å². The molecule has 1 aliphatic heterocycles. The van der Waals surface area contributed by atoms with E-state index in [9.17, 15) is 9.90 Å². The van der Waals surface area contributed by atoms with Crippen molar-refractivity contribution in [2.75, 3.05) is 11.9 Å². The average molecular weight is 357 g/mol. The van der Waals surface area contributed by atoms with E-state index >= 15 is 0 Å². The van der Waals surface area contributed by atoms with Crippen molar-refractivity contribution in [3.05, 3.63) is 63.9 Å². The number of halogens is 1. The fourth-order valence-electron chi connectivity index (χ4n) is 3.20. The molecule has 7 heteroatoms. The molecule has 3 heterocycles. The smallest absolute Gasteiger partial charge is 0.276 e. The number of aromatic nitrogens is 2. The Labute approximate surface area is 149 Å². The molecule has 0 atom stereocenters. The number of carbonyl (C=O) groups excluding carboxylic acids is 1. The molecule has 0 aliphatic carbocycles. The maximum Gasteiger partial charge on any atom is 0.276 e. The van der Waals surface area contributed by atoms with E-state index in [0.29, 0.717) is 17.3 Å². The zero-order chi connectivity index (χ0) is 17.4. The van der Waals surface area contributed by atoms with Gasteiger partial charge in [-0.05, 0) is 53.9 Å². The first kappa shape index (κ1) is 16.1. The lowest BCUT2D eigenvalue weighted by Crippen LogP contribution is -2.26. The highest BCUT2D eigenvalue weighted by molar-refractivity contribution is 6.30. The van der Waals surface area contributed by atoms with E-state index in [1.807, 2.05) is 12.1 Å². The van der Waals surface area contributed by atoms with Crippen molar-refractivity contribution in [2.24, 2.45) is 0 Å². The van der Waals surface area contributed by atoms with Gasteiger partial charge in [-0.25, -0.2) is 4.52 Å². The Kier molecular flexibility index (Phi) is 4.17. The Bertz CT molecular complexity index is 967. The number of hydrogen-bond acceptors (Lipinski definition) is 4.